The molecular formula is C19H15N3. The van der Waals surface area contributed by atoms with Crippen LogP contribution in [0.2, 0.25) is 0 Å². The maximum atomic E-state index is 4.60. The first-order valence-corrected chi connectivity index (χ1v) is 7.30. The van der Waals surface area contributed by atoms with Crippen molar-refractivity contribution in [3.8, 4) is 0 Å². The first-order valence-electron chi connectivity index (χ1n) is 7.30. The van der Waals surface area contributed by atoms with Crippen LogP contribution in [0, 0.1) is 0 Å². The van der Waals surface area contributed by atoms with Crippen molar-refractivity contribution in [3.63, 3.8) is 0 Å². The molecule has 0 bridgehead atoms. The Morgan fingerprint density at radius 2 is 1.73 bits per heavy atom. The van der Waals surface area contributed by atoms with Crippen molar-refractivity contribution < 1.29 is 0 Å². The molecule has 0 saturated carbocycles. The Morgan fingerprint density at radius 3 is 2.55 bits per heavy atom. The number of para-hydroxylation sites is 1. The van der Waals surface area contributed by atoms with Crippen molar-refractivity contribution in [2.24, 2.45) is 0 Å². The summed E-state index contributed by atoms with van der Waals surface area (Å²) in [6.45, 7) is 0. The number of nitrogens with one attached hydrogen (secondary N) is 1. The second-order valence-electron chi connectivity index (χ2n) is 5.27. The quantitative estimate of drug-likeness (QED) is 0.614. The highest BCUT2D eigenvalue weighted by atomic mass is 14.9. The van der Waals surface area contributed by atoms with Crippen LogP contribution in [0.15, 0.2) is 79.4 Å². The van der Waals surface area contributed by atoms with Crippen LogP contribution in [0.1, 0.15) is 22.7 Å². The van der Waals surface area contributed by atoms with E-state index in [1.807, 2.05) is 24.5 Å². The van der Waals surface area contributed by atoms with Crippen LogP contribution in [0.4, 0.5) is 0 Å². The average molecular weight is 285 g/mol. The summed E-state index contributed by atoms with van der Waals surface area (Å²) in [6.07, 6.45) is 5.46. The van der Waals surface area contributed by atoms with E-state index >= 15 is 0 Å². The van der Waals surface area contributed by atoms with Crippen molar-refractivity contribution >= 4 is 10.9 Å². The van der Waals surface area contributed by atoms with Gasteiger partial charge in [0.25, 0.3) is 0 Å². The number of hydrogen-bond donors (Lipinski definition) is 1. The fraction of sp³-hybridized carbons (Fsp3) is 0.0526. The molecule has 2 aromatic carbocycles. The fourth-order valence-electron chi connectivity index (χ4n) is 2.96. The van der Waals surface area contributed by atoms with Gasteiger partial charge in [-0.3, -0.25) is 4.98 Å². The molecule has 4 aromatic rings. The predicted molar refractivity (Wildman–Crippen MR) is 87.7 cm³/mol. The van der Waals surface area contributed by atoms with E-state index in [0.29, 0.717) is 0 Å². The molecule has 1 N–H and O–H groups in total. The van der Waals surface area contributed by atoms with E-state index in [-0.39, 0.29) is 5.92 Å². The molecule has 0 radical (unpaired) electrons. The molecule has 2 heterocycles. The van der Waals surface area contributed by atoms with Gasteiger partial charge in [0.1, 0.15) is 0 Å². The topological polar surface area (TPSA) is 41.6 Å². The Bertz CT molecular complexity index is 878. The van der Waals surface area contributed by atoms with E-state index < -0.39 is 0 Å². The van der Waals surface area contributed by atoms with Gasteiger partial charge in [-0.1, -0.05) is 54.6 Å². The van der Waals surface area contributed by atoms with Gasteiger partial charge in [-0.25, -0.2) is 4.98 Å². The Morgan fingerprint density at radius 1 is 0.864 bits per heavy atom. The largest absolute Gasteiger partial charge is 0.348 e. The summed E-state index contributed by atoms with van der Waals surface area (Å²) >= 11 is 0. The molecule has 0 fully saturated rings. The second kappa shape index (κ2) is 5.45. The standard InChI is InChI=1S/C19H15N3/c1-2-6-14(7-3-1)18(17-12-20-13-22-17)16-10-4-8-15-9-5-11-21-19(15)16/h1-13,18H,(H,20,22). The zero-order chi connectivity index (χ0) is 14.8. The molecule has 106 valence electrons. The van der Waals surface area contributed by atoms with Crippen molar-refractivity contribution in [1.82, 2.24) is 15.0 Å². The maximum Gasteiger partial charge on any atom is 0.0922 e. The molecular weight excluding hydrogens is 270 g/mol. The van der Waals surface area contributed by atoms with Crippen molar-refractivity contribution in [2.75, 3.05) is 0 Å². The lowest BCUT2D eigenvalue weighted by Crippen LogP contribution is -2.05. The molecule has 0 aliphatic carbocycles. The van der Waals surface area contributed by atoms with Crippen LogP contribution in [-0.2, 0) is 0 Å². The SMILES string of the molecule is c1ccc(C(c2cnc[nH]2)c2cccc3cccnc23)cc1. The van der Waals surface area contributed by atoms with Gasteiger partial charge in [-0.2, -0.15) is 0 Å². The number of imidazole rings is 1. The van der Waals surface area contributed by atoms with Crippen LogP contribution < -0.4 is 0 Å². The van der Waals surface area contributed by atoms with E-state index in [4.69, 9.17) is 0 Å². The Labute approximate surface area is 128 Å². The number of H-pyrrole nitrogens is 1. The fourth-order valence-corrected chi connectivity index (χ4v) is 2.96. The van der Waals surface area contributed by atoms with Gasteiger partial charge in [0.2, 0.25) is 0 Å². The van der Waals surface area contributed by atoms with Crippen LogP contribution >= 0.6 is 0 Å². The summed E-state index contributed by atoms with van der Waals surface area (Å²) in [4.78, 5) is 12.1. The normalized spacial score (nSPS) is 12.4. The first kappa shape index (κ1) is 12.8. The number of benzene rings is 2. The zero-order valence-electron chi connectivity index (χ0n) is 12.0. The summed E-state index contributed by atoms with van der Waals surface area (Å²) < 4.78 is 0. The number of hydrogen-bond acceptors (Lipinski definition) is 2. The molecule has 0 amide bonds. The molecule has 3 heteroatoms. The first-order chi connectivity index (χ1) is 10.9. The number of fused-ring (bicyclic) bond motifs is 1. The third-order valence-electron chi connectivity index (χ3n) is 3.94. The van der Waals surface area contributed by atoms with Crippen molar-refractivity contribution in [3.05, 3.63) is 96.2 Å². The van der Waals surface area contributed by atoms with E-state index in [2.05, 4.69) is 63.5 Å². The number of rotatable bonds is 3. The lowest BCUT2D eigenvalue weighted by atomic mass is 9.87. The summed E-state index contributed by atoms with van der Waals surface area (Å²) in [7, 11) is 0. The third-order valence-corrected chi connectivity index (χ3v) is 3.94. The van der Waals surface area contributed by atoms with Gasteiger partial charge in [0.05, 0.1) is 17.8 Å². The Kier molecular flexibility index (Phi) is 3.16. The molecule has 1 unspecified atom stereocenters. The van der Waals surface area contributed by atoms with Gasteiger partial charge >= 0.3 is 0 Å². The van der Waals surface area contributed by atoms with Crippen molar-refractivity contribution in [1.29, 1.82) is 0 Å². The Balaban J connectivity index is 1.98. The van der Waals surface area contributed by atoms with Crippen molar-refractivity contribution in [2.45, 2.75) is 5.92 Å². The number of nitrogens with zero attached hydrogens (tertiary/aromatic N) is 2. The average Bonchev–Trinajstić information content (AvgIpc) is 3.11. The molecule has 0 saturated heterocycles. The third kappa shape index (κ3) is 2.17. The smallest absolute Gasteiger partial charge is 0.0922 e. The second-order valence-corrected chi connectivity index (χ2v) is 5.27. The summed E-state index contributed by atoms with van der Waals surface area (Å²) in [6, 6.07) is 20.9. The van der Waals surface area contributed by atoms with Crippen LogP contribution in [0.3, 0.4) is 0 Å². The van der Waals surface area contributed by atoms with E-state index in [9.17, 15) is 0 Å². The molecule has 3 nitrogen and oxygen atoms in total. The minimum atomic E-state index is 0.0994. The summed E-state index contributed by atoms with van der Waals surface area (Å²) in [5.74, 6) is 0.0994. The van der Waals surface area contributed by atoms with E-state index in [1.54, 1.807) is 6.33 Å². The van der Waals surface area contributed by atoms with Gasteiger partial charge in [0, 0.05) is 23.5 Å². The van der Waals surface area contributed by atoms with Crippen LogP contribution in [0.5, 0.6) is 0 Å². The van der Waals surface area contributed by atoms with E-state index in [1.165, 1.54) is 11.1 Å². The number of aromatic amines is 1. The predicted octanol–water partition coefficient (Wildman–Crippen LogP) is 4.14. The van der Waals surface area contributed by atoms with Crippen LogP contribution in [-0.4, -0.2) is 15.0 Å². The summed E-state index contributed by atoms with van der Waals surface area (Å²) in [5.41, 5.74) is 4.52. The molecule has 1 atom stereocenters. The minimum absolute atomic E-state index is 0.0994. The van der Waals surface area contributed by atoms with Gasteiger partial charge in [-0.15, -0.1) is 0 Å². The van der Waals surface area contributed by atoms with Gasteiger partial charge in [0.15, 0.2) is 0 Å². The van der Waals surface area contributed by atoms with Gasteiger partial charge in [-0.05, 0) is 17.2 Å². The minimum Gasteiger partial charge on any atom is -0.348 e. The summed E-state index contributed by atoms with van der Waals surface area (Å²) in [5, 5.41) is 1.15. The highest BCUT2D eigenvalue weighted by molar-refractivity contribution is 5.83. The number of pyridine rings is 1. The monoisotopic (exact) mass is 285 g/mol. The molecule has 22 heavy (non-hydrogen) atoms. The maximum absolute atomic E-state index is 4.60. The van der Waals surface area contributed by atoms with E-state index in [0.717, 1.165) is 16.6 Å². The van der Waals surface area contributed by atoms with Gasteiger partial charge < -0.3 is 4.98 Å². The molecule has 0 aliphatic rings. The molecule has 4 rings (SSSR count). The zero-order valence-corrected chi connectivity index (χ0v) is 12.0. The highest BCUT2D eigenvalue weighted by Crippen LogP contribution is 2.33. The molecule has 2 aromatic heterocycles. The number of aromatic nitrogens is 3. The lowest BCUT2D eigenvalue weighted by molar-refractivity contribution is 0.938. The lowest BCUT2D eigenvalue weighted by Gasteiger charge is -2.18. The molecule has 0 aliphatic heterocycles. The Hall–Kier alpha value is -2.94. The highest BCUT2D eigenvalue weighted by Gasteiger charge is 2.20. The van der Waals surface area contributed by atoms with Crippen LogP contribution in [0.25, 0.3) is 10.9 Å². The molecule has 0 spiro atoms.